The number of para-hydroxylation sites is 1. The summed E-state index contributed by atoms with van der Waals surface area (Å²) in [4.78, 5) is 12.8. The van der Waals surface area contributed by atoms with Crippen molar-refractivity contribution in [2.45, 2.75) is 26.5 Å². The average molecular weight is 410 g/mol. The van der Waals surface area contributed by atoms with E-state index in [1.54, 1.807) is 25.3 Å². The summed E-state index contributed by atoms with van der Waals surface area (Å²) in [6, 6.07) is 20.5. The van der Waals surface area contributed by atoms with E-state index in [-0.39, 0.29) is 11.9 Å². The fourth-order valence-electron chi connectivity index (χ4n) is 3.02. The number of methoxy groups -OCH3 is 1. The molecule has 3 rings (SSSR count). The van der Waals surface area contributed by atoms with Crippen molar-refractivity contribution in [3.63, 3.8) is 0 Å². The van der Waals surface area contributed by atoms with Crippen LogP contribution >= 0.6 is 11.6 Å². The van der Waals surface area contributed by atoms with Gasteiger partial charge in [-0.05, 0) is 61.4 Å². The molecule has 0 radical (unpaired) electrons. The molecule has 4 nitrogen and oxygen atoms in total. The molecule has 0 bridgehead atoms. The van der Waals surface area contributed by atoms with Crippen LogP contribution in [0, 0.1) is 6.92 Å². The minimum absolute atomic E-state index is 0.145. The standard InChI is InChI=1S/C24H24ClNO3/c1-16-6-4-5-7-22(16)29-15-20-14-19(10-13-23(20)28-3)24(27)26-17(2)18-8-11-21(25)12-9-18/h4-14,17H,15H2,1-3H3,(H,26,27)/t17-/m0/s1. The van der Waals surface area contributed by atoms with Crippen molar-refractivity contribution in [3.8, 4) is 11.5 Å². The summed E-state index contributed by atoms with van der Waals surface area (Å²) in [5.74, 6) is 1.33. The molecule has 1 atom stereocenters. The third-order valence-electron chi connectivity index (χ3n) is 4.74. The van der Waals surface area contributed by atoms with Crippen molar-refractivity contribution >= 4 is 17.5 Å². The number of ether oxygens (including phenoxy) is 2. The van der Waals surface area contributed by atoms with E-state index in [0.29, 0.717) is 22.9 Å². The van der Waals surface area contributed by atoms with Crippen molar-refractivity contribution < 1.29 is 14.3 Å². The molecule has 0 spiro atoms. The van der Waals surface area contributed by atoms with Crippen LogP contribution in [0.2, 0.25) is 5.02 Å². The zero-order chi connectivity index (χ0) is 20.8. The highest BCUT2D eigenvalue weighted by Crippen LogP contribution is 2.24. The highest BCUT2D eigenvalue weighted by molar-refractivity contribution is 6.30. The molecule has 29 heavy (non-hydrogen) atoms. The van der Waals surface area contributed by atoms with Crippen LogP contribution in [0.3, 0.4) is 0 Å². The lowest BCUT2D eigenvalue weighted by Gasteiger charge is -2.16. The van der Waals surface area contributed by atoms with Gasteiger partial charge < -0.3 is 14.8 Å². The van der Waals surface area contributed by atoms with E-state index < -0.39 is 0 Å². The highest BCUT2D eigenvalue weighted by Gasteiger charge is 2.14. The Bertz CT molecular complexity index is 986. The Morgan fingerprint density at radius 3 is 2.45 bits per heavy atom. The summed E-state index contributed by atoms with van der Waals surface area (Å²) in [6.07, 6.45) is 0. The number of aryl methyl sites for hydroxylation is 1. The first-order chi connectivity index (χ1) is 14.0. The van der Waals surface area contributed by atoms with Crippen LogP contribution in [0.25, 0.3) is 0 Å². The van der Waals surface area contributed by atoms with Crippen LogP contribution in [0.4, 0.5) is 0 Å². The number of benzene rings is 3. The summed E-state index contributed by atoms with van der Waals surface area (Å²) in [7, 11) is 1.61. The van der Waals surface area contributed by atoms with E-state index in [0.717, 1.165) is 22.4 Å². The minimum Gasteiger partial charge on any atom is -0.496 e. The Kier molecular flexibility index (Phi) is 6.78. The van der Waals surface area contributed by atoms with E-state index in [4.69, 9.17) is 21.1 Å². The van der Waals surface area contributed by atoms with Crippen molar-refractivity contribution in [2.75, 3.05) is 7.11 Å². The number of carbonyl (C=O) groups excluding carboxylic acids is 1. The predicted octanol–water partition coefficient (Wildman–Crippen LogP) is 5.73. The summed E-state index contributed by atoms with van der Waals surface area (Å²) in [5.41, 5.74) is 3.40. The lowest BCUT2D eigenvalue weighted by molar-refractivity contribution is 0.0939. The summed E-state index contributed by atoms with van der Waals surface area (Å²) < 4.78 is 11.4. The molecule has 3 aromatic carbocycles. The fraction of sp³-hybridized carbons (Fsp3) is 0.208. The van der Waals surface area contributed by atoms with Crippen LogP contribution in [0.1, 0.15) is 40.0 Å². The van der Waals surface area contributed by atoms with Crippen LogP contribution in [0.5, 0.6) is 11.5 Å². The highest BCUT2D eigenvalue weighted by atomic mass is 35.5. The van der Waals surface area contributed by atoms with Crippen LogP contribution in [-0.2, 0) is 6.61 Å². The first-order valence-corrected chi connectivity index (χ1v) is 9.77. The summed E-state index contributed by atoms with van der Waals surface area (Å²) in [5, 5.41) is 3.68. The summed E-state index contributed by atoms with van der Waals surface area (Å²) >= 11 is 5.94. The van der Waals surface area contributed by atoms with E-state index in [2.05, 4.69) is 5.32 Å². The number of rotatable bonds is 7. The van der Waals surface area contributed by atoms with Crippen molar-refractivity contribution in [3.05, 3.63) is 94.0 Å². The SMILES string of the molecule is COc1ccc(C(=O)N[C@@H](C)c2ccc(Cl)cc2)cc1COc1ccccc1C. The Morgan fingerprint density at radius 1 is 1.03 bits per heavy atom. The van der Waals surface area contributed by atoms with Gasteiger partial charge in [0.15, 0.2) is 0 Å². The number of halogens is 1. The molecule has 0 aliphatic rings. The number of nitrogens with one attached hydrogen (secondary N) is 1. The Morgan fingerprint density at radius 2 is 1.76 bits per heavy atom. The van der Waals surface area contributed by atoms with Crippen LogP contribution < -0.4 is 14.8 Å². The monoisotopic (exact) mass is 409 g/mol. The molecule has 1 amide bonds. The molecule has 3 aromatic rings. The normalized spacial score (nSPS) is 11.6. The lowest BCUT2D eigenvalue weighted by atomic mass is 10.1. The van der Waals surface area contributed by atoms with E-state index in [1.807, 2.05) is 62.4 Å². The first kappa shape index (κ1) is 20.7. The van der Waals surface area contributed by atoms with Gasteiger partial charge in [-0.1, -0.05) is 41.9 Å². The Hall–Kier alpha value is -2.98. The molecule has 0 saturated carbocycles. The van der Waals surface area contributed by atoms with Crippen LogP contribution in [-0.4, -0.2) is 13.0 Å². The summed E-state index contributed by atoms with van der Waals surface area (Å²) in [6.45, 7) is 4.24. The lowest BCUT2D eigenvalue weighted by Crippen LogP contribution is -2.26. The maximum atomic E-state index is 12.8. The van der Waals surface area contributed by atoms with Crippen molar-refractivity contribution in [1.29, 1.82) is 0 Å². The molecule has 0 saturated heterocycles. The molecule has 1 N–H and O–H groups in total. The minimum atomic E-state index is -0.160. The Labute approximate surface area is 176 Å². The second-order valence-corrected chi connectivity index (χ2v) is 7.26. The van der Waals surface area contributed by atoms with Gasteiger partial charge in [0, 0.05) is 16.1 Å². The zero-order valence-corrected chi connectivity index (χ0v) is 17.5. The van der Waals surface area contributed by atoms with E-state index >= 15 is 0 Å². The number of amides is 1. The third-order valence-corrected chi connectivity index (χ3v) is 4.99. The van der Waals surface area contributed by atoms with Gasteiger partial charge in [0.1, 0.15) is 18.1 Å². The molecule has 0 fully saturated rings. The van der Waals surface area contributed by atoms with Gasteiger partial charge >= 0.3 is 0 Å². The molecule has 0 heterocycles. The first-order valence-electron chi connectivity index (χ1n) is 9.39. The topological polar surface area (TPSA) is 47.6 Å². The largest absolute Gasteiger partial charge is 0.496 e. The van der Waals surface area contributed by atoms with Gasteiger partial charge in [-0.25, -0.2) is 0 Å². The molecule has 0 unspecified atom stereocenters. The van der Waals surface area contributed by atoms with Crippen LogP contribution in [0.15, 0.2) is 66.7 Å². The Balaban J connectivity index is 1.73. The van der Waals surface area contributed by atoms with Gasteiger partial charge in [-0.15, -0.1) is 0 Å². The molecule has 0 aromatic heterocycles. The molecular formula is C24H24ClNO3. The smallest absolute Gasteiger partial charge is 0.251 e. The van der Waals surface area contributed by atoms with Gasteiger partial charge in [0.2, 0.25) is 0 Å². The number of hydrogen-bond acceptors (Lipinski definition) is 3. The fourth-order valence-corrected chi connectivity index (χ4v) is 3.15. The maximum Gasteiger partial charge on any atom is 0.251 e. The van der Waals surface area contributed by atoms with Gasteiger partial charge in [-0.2, -0.15) is 0 Å². The van der Waals surface area contributed by atoms with Crippen molar-refractivity contribution in [1.82, 2.24) is 5.32 Å². The second-order valence-electron chi connectivity index (χ2n) is 6.83. The molecule has 150 valence electrons. The van der Waals surface area contributed by atoms with Gasteiger partial charge in [-0.3, -0.25) is 4.79 Å². The van der Waals surface area contributed by atoms with E-state index in [1.165, 1.54) is 0 Å². The average Bonchev–Trinajstić information content (AvgIpc) is 2.73. The van der Waals surface area contributed by atoms with Gasteiger partial charge in [0.05, 0.1) is 13.2 Å². The maximum absolute atomic E-state index is 12.8. The molecule has 0 aliphatic heterocycles. The zero-order valence-electron chi connectivity index (χ0n) is 16.7. The molecule has 5 heteroatoms. The third kappa shape index (κ3) is 5.30. The van der Waals surface area contributed by atoms with E-state index in [9.17, 15) is 4.79 Å². The number of carbonyl (C=O) groups is 1. The second kappa shape index (κ2) is 9.48. The number of hydrogen-bond donors (Lipinski definition) is 1. The van der Waals surface area contributed by atoms with Crippen molar-refractivity contribution in [2.24, 2.45) is 0 Å². The molecular weight excluding hydrogens is 386 g/mol. The molecule has 0 aliphatic carbocycles. The quantitative estimate of drug-likeness (QED) is 0.542. The predicted molar refractivity (Wildman–Crippen MR) is 116 cm³/mol. The van der Waals surface area contributed by atoms with Gasteiger partial charge in [0.25, 0.3) is 5.91 Å².